The number of sulfonamides is 1. The summed E-state index contributed by atoms with van der Waals surface area (Å²) in [7, 11) is -0.696. The molecule has 1 aromatic carbocycles. The Balaban J connectivity index is 1.79. The first-order valence-electron chi connectivity index (χ1n) is 10.1. The molecule has 0 aliphatic carbocycles. The Morgan fingerprint density at radius 2 is 1.83 bits per heavy atom. The van der Waals surface area contributed by atoms with E-state index in [1.165, 1.54) is 24.8 Å². The fraction of sp³-hybridized carbons (Fsp3) is 0.190. The van der Waals surface area contributed by atoms with Crippen molar-refractivity contribution in [2.75, 3.05) is 28.2 Å². The first-order valence-corrected chi connectivity index (χ1v) is 11.9. The van der Waals surface area contributed by atoms with Crippen LogP contribution in [0.25, 0.3) is 11.0 Å². The average molecular weight is 507 g/mol. The number of aromatic amines is 1. The van der Waals surface area contributed by atoms with Crippen LogP contribution in [0.4, 0.5) is 41.9 Å². The fourth-order valence-electron chi connectivity index (χ4n) is 3.36. The van der Waals surface area contributed by atoms with Gasteiger partial charge in [-0.3, -0.25) is 18.9 Å². The predicted molar refractivity (Wildman–Crippen MR) is 127 cm³/mol. The molecule has 184 valence electrons. The van der Waals surface area contributed by atoms with Crippen molar-refractivity contribution in [3.05, 3.63) is 64.3 Å². The highest BCUT2D eigenvalue weighted by atomic mass is 32.2. The average Bonchev–Trinajstić information content (AvgIpc) is 3.06. The van der Waals surface area contributed by atoms with Crippen molar-refractivity contribution in [1.82, 2.24) is 19.7 Å². The minimum atomic E-state index is -3.58. The minimum Gasteiger partial charge on any atom is -0.353 e. The van der Waals surface area contributed by atoms with Crippen molar-refractivity contribution in [2.45, 2.75) is 6.43 Å². The van der Waals surface area contributed by atoms with Gasteiger partial charge in [-0.05, 0) is 12.1 Å². The molecule has 35 heavy (non-hydrogen) atoms. The molecule has 0 radical (unpaired) electrons. The number of nitrogens with one attached hydrogen (secondary N) is 3. The second-order valence-corrected chi connectivity index (χ2v) is 9.66. The van der Waals surface area contributed by atoms with E-state index in [1.54, 1.807) is 24.3 Å². The molecule has 0 saturated heterocycles. The van der Waals surface area contributed by atoms with E-state index in [0.29, 0.717) is 11.4 Å². The van der Waals surface area contributed by atoms with Gasteiger partial charge < -0.3 is 10.6 Å². The summed E-state index contributed by atoms with van der Waals surface area (Å²) in [5.74, 6) is -1.10. The van der Waals surface area contributed by atoms with E-state index < -0.39 is 33.4 Å². The molecule has 0 aliphatic rings. The predicted octanol–water partition coefficient (Wildman–Crippen LogP) is 3.62. The summed E-state index contributed by atoms with van der Waals surface area (Å²) in [5.41, 5.74) is -0.0935. The maximum absolute atomic E-state index is 14.0. The highest BCUT2D eigenvalue weighted by Crippen LogP contribution is 2.33. The zero-order chi connectivity index (χ0) is 25.5. The standard InChI is InChI=1S/C21H20F3N7O3S/c1-30-21(32)18-14(26-13-6-4-5-7-15(13)31(2)35(3,33)34)9-17(28-20(18)29-30)27-16-8-12(22)11(10-25-16)19(23)24/h4-10,19H,1-3H3,(H3,25,26,27,28,29). The van der Waals surface area contributed by atoms with Gasteiger partial charge in [0.1, 0.15) is 22.8 Å². The van der Waals surface area contributed by atoms with Crippen LogP contribution in [0.15, 0.2) is 47.4 Å². The summed E-state index contributed by atoms with van der Waals surface area (Å²) in [6, 6.07) is 8.82. The number of anilines is 5. The number of aryl methyl sites for hydroxylation is 1. The largest absolute Gasteiger partial charge is 0.353 e. The molecule has 0 amide bonds. The molecule has 0 saturated carbocycles. The maximum Gasteiger partial charge on any atom is 0.277 e. The Labute approximate surface area is 197 Å². The molecule has 0 unspecified atom stereocenters. The molecular weight excluding hydrogens is 487 g/mol. The summed E-state index contributed by atoms with van der Waals surface area (Å²) >= 11 is 0. The van der Waals surface area contributed by atoms with Crippen LogP contribution < -0.4 is 20.5 Å². The molecular formula is C21H20F3N7O3S. The Morgan fingerprint density at radius 1 is 1.11 bits per heavy atom. The normalized spacial score (nSPS) is 11.7. The van der Waals surface area contributed by atoms with Gasteiger partial charge in [0.05, 0.1) is 28.9 Å². The molecule has 14 heteroatoms. The van der Waals surface area contributed by atoms with E-state index >= 15 is 0 Å². The van der Waals surface area contributed by atoms with E-state index in [0.717, 1.165) is 22.8 Å². The number of pyridine rings is 2. The number of alkyl halides is 2. The zero-order valence-electron chi connectivity index (χ0n) is 18.7. The van der Waals surface area contributed by atoms with E-state index in [4.69, 9.17) is 0 Å². The van der Waals surface area contributed by atoms with E-state index in [-0.39, 0.29) is 28.4 Å². The Morgan fingerprint density at radius 3 is 2.49 bits per heavy atom. The molecule has 3 heterocycles. The second kappa shape index (κ2) is 8.94. The van der Waals surface area contributed by atoms with Gasteiger partial charge in [-0.15, -0.1) is 0 Å². The van der Waals surface area contributed by atoms with Crippen molar-refractivity contribution in [1.29, 1.82) is 0 Å². The molecule has 3 aromatic heterocycles. The highest BCUT2D eigenvalue weighted by molar-refractivity contribution is 7.92. The first-order chi connectivity index (χ1) is 16.5. The molecule has 10 nitrogen and oxygen atoms in total. The zero-order valence-corrected chi connectivity index (χ0v) is 19.5. The topological polar surface area (TPSA) is 125 Å². The summed E-state index contributed by atoms with van der Waals surface area (Å²) < 4.78 is 66.1. The van der Waals surface area contributed by atoms with Crippen molar-refractivity contribution < 1.29 is 21.6 Å². The lowest BCUT2D eigenvalue weighted by atomic mass is 10.2. The van der Waals surface area contributed by atoms with Crippen molar-refractivity contribution in [3.63, 3.8) is 0 Å². The van der Waals surface area contributed by atoms with Crippen LogP contribution in [0.2, 0.25) is 0 Å². The maximum atomic E-state index is 14.0. The van der Waals surface area contributed by atoms with Crippen molar-refractivity contribution in [3.8, 4) is 0 Å². The monoisotopic (exact) mass is 507 g/mol. The number of fused-ring (bicyclic) bond motifs is 1. The number of para-hydroxylation sites is 2. The minimum absolute atomic E-state index is 0.0832. The van der Waals surface area contributed by atoms with Crippen LogP contribution in [-0.4, -0.2) is 41.5 Å². The van der Waals surface area contributed by atoms with Gasteiger partial charge in [0, 0.05) is 32.4 Å². The van der Waals surface area contributed by atoms with Crippen LogP contribution in [0.5, 0.6) is 0 Å². The third-order valence-electron chi connectivity index (χ3n) is 5.19. The smallest absolute Gasteiger partial charge is 0.277 e. The first kappa shape index (κ1) is 24.1. The molecule has 0 bridgehead atoms. The quantitative estimate of drug-likeness (QED) is 0.349. The third kappa shape index (κ3) is 4.77. The van der Waals surface area contributed by atoms with Gasteiger partial charge in [-0.1, -0.05) is 12.1 Å². The summed E-state index contributed by atoms with van der Waals surface area (Å²) in [5, 5.41) is 8.78. The number of halogens is 3. The van der Waals surface area contributed by atoms with Gasteiger partial charge in [-0.2, -0.15) is 0 Å². The molecule has 4 aromatic rings. The third-order valence-corrected chi connectivity index (χ3v) is 6.39. The van der Waals surface area contributed by atoms with Crippen LogP contribution in [0.1, 0.15) is 12.0 Å². The number of nitrogens with zero attached hydrogens (tertiary/aromatic N) is 4. The van der Waals surface area contributed by atoms with Crippen LogP contribution in [0.3, 0.4) is 0 Å². The molecule has 3 N–H and O–H groups in total. The lowest BCUT2D eigenvalue weighted by Crippen LogP contribution is -2.25. The number of aromatic nitrogens is 4. The Hall–Kier alpha value is -4.07. The number of hydrogen-bond donors (Lipinski definition) is 3. The van der Waals surface area contributed by atoms with Gasteiger partial charge in [0.25, 0.3) is 12.0 Å². The molecule has 0 aliphatic heterocycles. The number of H-pyrrole nitrogens is 1. The molecule has 4 rings (SSSR count). The van der Waals surface area contributed by atoms with Gasteiger partial charge in [0.2, 0.25) is 10.0 Å². The summed E-state index contributed by atoms with van der Waals surface area (Å²) in [6.45, 7) is 0. The van der Waals surface area contributed by atoms with E-state index in [1.807, 2.05) is 0 Å². The van der Waals surface area contributed by atoms with E-state index in [9.17, 15) is 26.4 Å². The van der Waals surface area contributed by atoms with E-state index in [2.05, 4.69) is 25.7 Å². The van der Waals surface area contributed by atoms with Crippen molar-refractivity contribution >= 4 is 49.8 Å². The Kier molecular flexibility index (Phi) is 6.15. The van der Waals surface area contributed by atoms with Crippen molar-refractivity contribution in [2.24, 2.45) is 7.05 Å². The fourth-order valence-corrected chi connectivity index (χ4v) is 3.88. The second-order valence-electron chi connectivity index (χ2n) is 7.64. The van der Waals surface area contributed by atoms with Gasteiger partial charge >= 0.3 is 0 Å². The SMILES string of the molecule is CN(c1ccccc1Nc1cc(Nc2cc(F)c(C(F)F)cn2)nc2[nH]n(C)c(=O)c12)S(C)(=O)=O. The van der Waals surface area contributed by atoms with Gasteiger partial charge in [-0.25, -0.2) is 31.6 Å². The Bertz CT molecular complexity index is 1590. The lowest BCUT2D eigenvalue weighted by Gasteiger charge is -2.21. The van der Waals surface area contributed by atoms with Crippen LogP contribution in [0, 0.1) is 5.82 Å². The number of hydrogen-bond acceptors (Lipinski definition) is 7. The van der Waals surface area contributed by atoms with Gasteiger partial charge in [0.15, 0.2) is 5.65 Å². The molecule has 0 spiro atoms. The number of rotatable bonds is 7. The number of benzene rings is 1. The highest BCUT2D eigenvalue weighted by Gasteiger charge is 2.19. The van der Waals surface area contributed by atoms with Crippen LogP contribution in [-0.2, 0) is 17.1 Å². The molecule has 0 fully saturated rings. The summed E-state index contributed by atoms with van der Waals surface area (Å²) in [6.07, 6.45) is -1.23. The molecule has 0 atom stereocenters. The van der Waals surface area contributed by atoms with Crippen LogP contribution >= 0.6 is 0 Å². The summed E-state index contributed by atoms with van der Waals surface area (Å²) in [4.78, 5) is 20.8. The lowest BCUT2D eigenvalue weighted by molar-refractivity contribution is 0.146.